The van der Waals surface area contributed by atoms with E-state index in [9.17, 15) is 0 Å². The van der Waals surface area contributed by atoms with Gasteiger partial charge in [-0.05, 0) is 31.5 Å². The van der Waals surface area contributed by atoms with Gasteiger partial charge in [0, 0.05) is 19.4 Å². The van der Waals surface area contributed by atoms with E-state index in [-0.39, 0.29) is 0 Å². The molecule has 0 amide bonds. The van der Waals surface area contributed by atoms with E-state index in [4.69, 9.17) is 9.51 Å². The highest BCUT2D eigenvalue weighted by molar-refractivity contribution is 7.18. The van der Waals surface area contributed by atoms with Gasteiger partial charge < -0.3 is 4.52 Å². The van der Waals surface area contributed by atoms with Crippen molar-refractivity contribution in [2.24, 2.45) is 0 Å². The van der Waals surface area contributed by atoms with Crippen LogP contribution < -0.4 is 0 Å². The molecule has 1 saturated heterocycles. The minimum atomic E-state index is 0.513. The first-order valence-electron chi connectivity index (χ1n) is 7.65. The van der Waals surface area contributed by atoms with E-state index in [1.807, 2.05) is 18.3 Å². The Hall–Kier alpha value is -1.79. The van der Waals surface area contributed by atoms with Crippen LogP contribution in [-0.4, -0.2) is 33.1 Å². The van der Waals surface area contributed by atoms with Gasteiger partial charge in [-0.15, -0.1) is 11.3 Å². The zero-order chi connectivity index (χ0) is 14.9. The van der Waals surface area contributed by atoms with E-state index in [2.05, 4.69) is 39.3 Å². The van der Waals surface area contributed by atoms with Crippen molar-refractivity contribution >= 4 is 21.6 Å². The van der Waals surface area contributed by atoms with Crippen LogP contribution in [0.15, 0.2) is 28.8 Å². The van der Waals surface area contributed by atoms with Gasteiger partial charge in [-0.3, -0.25) is 4.90 Å². The molecule has 0 spiro atoms. The van der Waals surface area contributed by atoms with Gasteiger partial charge in [0.1, 0.15) is 0 Å². The summed E-state index contributed by atoms with van der Waals surface area (Å²) in [5, 5.41) is 5.26. The van der Waals surface area contributed by atoms with Crippen molar-refractivity contribution in [1.82, 2.24) is 20.0 Å². The van der Waals surface area contributed by atoms with Gasteiger partial charge in [0.15, 0.2) is 5.82 Å². The van der Waals surface area contributed by atoms with Crippen molar-refractivity contribution in [3.8, 4) is 0 Å². The van der Waals surface area contributed by atoms with E-state index < -0.39 is 0 Å². The molecule has 0 saturated carbocycles. The first-order valence-corrected chi connectivity index (χ1v) is 8.46. The Kier molecular flexibility index (Phi) is 3.63. The predicted molar refractivity (Wildman–Crippen MR) is 85.9 cm³/mol. The molecule has 1 aliphatic heterocycles. The fourth-order valence-corrected chi connectivity index (χ4v) is 4.16. The Bertz CT molecular complexity index is 748. The molecular weight excluding hydrogens is 296 g/mol. The van der Waals surface area contributed by atoms with E-state index in [1.54, 1.807) is 0 Å². The third kappa shape index (κ3) is 2.76. The number of piperidine rings is 1. The van der Waals surface area contributed by atoms with Crippen LogP contribution >= 0.6 is 11.3 Å². The monoisotopic (exact) mass is 314 g/mol. The molecule has 5 nitrogen and oxygen atoms in total. The van der Waals surface area contributed by atoms with Crippen LogP contribution in [0.25, 0.3) is 10.2 Å². The highest BCUT2D eigenvalue weighted by atomic mass is 32.1. The minimum Gasteiger partial charge on any atom is -0.340 e. The molecule has 1 atom stereocenters. The molecule has 3 aromatic rings. The predicted octanol–water partition coefficient (Wildman–Crippen LogP) is 3.37. The van der Waals surface area contributed by atoms with Crippen LogP contribution in [0, 0.1) is 6.92 Å². The van der Waals surface area contributed by atoms with Crippen molar-refractivity contribution < 1.29 is 4.52 Å². The molecule has 1 fully saturated rings. The number of nitrogens with zero attached hydrogens (tertiary/aromatic N) is 4. The zero-order valence-electron chi connectivity index (χ0n) is 12.5. The van der Waals surface area contributed by atoms with Crippen LogP contribution in [0.3, 0.4) is 0 Å². The summed E-state index contributed by atoms with van der Waals surface area (Å²) in [6.45, 7) is 4.71. The third-order valence-corrected chi connectivity index (χ3v) is 5.30. The summed E-state index contributed by atoms with van der Waals surface area (Å²) in [4.78, 5) is 11.5. The summed E-state index contributed by atoms with van der Waals surface area (Å²) < 4.78 is 6.34. The third-order valence-electron chi connectivity index (χ3n) is 4.10. The highest BCUT2D eigenvalue weighted by Crippen LogP contribution is 2.33. The second-order valence-electron chi connectivity index (χ2n) is 5.82. The molecule has 6 heteroatoms. The normalized spacial score (nSPS) is 19.8. The average Bonchev–Trinajstić information content (AvgIpc) is 3.13. The standard InChI is InChI=1S/C16H18N4OS/c1-11-17-15(19-21-11)10-20-8-4-5-12(9-20)16-18-13-6-2-3-7-14(13)22-16/h2-3,6-7,12H,4-5,8-10H2,1H3/t12-/m0/s1. The summed E-state index contributed by atoms with van der Waals surface area (Å²) in [6, 6.07) is 8.38. The van der Waals surface area contributed by atoms with Crippen LogP contribution in [0.4, 0.5) is 0 Å². The molecule has 1 aliphatic rings. The smallest absolute Gasteiger partial charge is 0.223 e. The summed E-state index contributed by atoms with van der Waals surface area (Å²) in [6.07, 6.45) is 2.40. The molecule has 22 heavy (non-hydrogen) atoms. The summed E-state index contributed by atoms with van der Waals surface area (Å²) in [7, 11) is 0. The molecule has 114 valence electrons. The van der Waals surface area contributed by atoms with Crippen molar-refractivity contribution in [2.75, 3.05) is 13.1 Å². The minimum absolute atomic E-state index is 0.513. The average molecular weight is 314 g/mol. The van der Waals surface area contributed by atoms with E-state index in [1.165, 1.54) is 22.5 Å². The van der Waals surface area contributed by atoms with Crippen molar-refractivity contribution in [3.63, 3.8) is 0 Å². The van der Waals surface area contributed by atoms with E-state index >= 15 is 0 Å². The van der Waals surface area contributed by atoms with Crippen LogP contribution in [0.1, 0.15) is 35.5 Å². The lowest BCUT2D eigenvalue weighted by molar-refractivity contribution is 0.193. The first kappa shape index (κ1) is 13.8. The van der Waals surface area contributed by atoms with E-state index in [0.717, 1.165) is 31.0 Å². The Balaban J connectivity index is 1.50. The fraction of sp³-hybridized carbons (Fsp3) is 0.438. The summed E-state index contributed by atoms with van der Waals surface area (Å²) >= 11 is 1.83. The van der Waals surface area contributed by atoms with Gasteiger partial charge in [0.05, 0.1) is 21.8 Å². The molecule has 3 heterocycles. The molecule has 4 rings (SSSR count). The number of benzene rings is 1. The Labute approximate surface area is 133 Å². The second kappa shape index (κ2) is 5.78. The number of rotatable bonds is 3. The van der Waals surface area contributed by atoms with Crippen LogP contribution in [-0.2, 0) is 6.54 Å². The van der Waals surface area contributed by atoms with Gasteiger partial charge in [0.2, 0.25) is 5.89 Å². The first-order chi connectivity index (χ1) is 10.8. The number of aryl methyl sites for hydroxylation is 1. The highest BCUT2D eigenvalue weighted by Gasteiger charge is 2.25. The van der Waals surface area contributed by atoms with Crippen molar-refractivity contribution in [3.05, 3.63) is 41.0 Å². The van der Waals surface area contributed by atoms with Gasteiger partial charge in [-0.1, -0.05) is 17.3 Å². The fourth-order valence-electron chi connectivity index (χ4n) is 3.07. The van der Waals surface area contributed by atoms with Crippen LogP contribution in [0.2, 0.25) is 0 Å². The maximum absolute atomic E-state index is 5.06. The number of fused-ring (bicyclic) bond motifs is 1. The number of thiazole rings is 1. The molecule has 0 aliphatic carbocycles. The second-order valence-corrected chi connectivity index (χ2v) is 6.89. The molecule has 0 unspecified atom stereocenters. The largest absolute Gasteiger partial charge is 0.340 e. The van der Waals surface area contributed by atoms with Gasteiger partial charge in [-0.2, -0.15) is 4.98 Å². The van der Waals surface area contributed by atoms with Gasteiger partial charge in [0.25, 0.3) is 0 Å². The van der Waals surface area contributed by atoms with Gasteiger partial charge in [-0.25, -0.2) is 4.98 Å². The maximum Gasteiger partial charge on any atom is 0.223 e. The quantitative estimate of drug-likeness (QED) is 0.742. The van der Waals surface area contributed by atoms with E-state index in [0.29, 0.717) is 11.8 Å². The Morgan fingerprint density at radius 3 is 3.05 bits per heavy atom. The number of para-hydroxylation sites is 1. The molecule has 0 N–H and O–H groups in total. The zero-order valence-corrected chi connectivity index (χ0v) is 13.3. The molecule has 0 bridgehead atoms. The summed E-state index contributed by atoms with van der Waals surface area (Å²) in [5.74, 6) is 1.93. The molecule has 2 aromatic heterocycles. The number of likely N-dealkylation sites (tertiary alicyclic amines) is 1. The van der Waals surface area contributed by atoms with Gasteiger partial charge >= 0.3 is 0 Å². The van der Waals surface area contributed by atoms with Crippen molar-refractivity contribution in [2.45, 2.75) is 32.2 Å². The molecular formula is C16H18N4OS. The lowest BCUT2D eigenvalue weighted by Gasteiger charge is -2.30. The summed E-state index contributed by atoms with van der Waals surface area (Å²) in [5.41, 5.74) is 1.12. The topological polar surface area (TPSA) is 55.1 Å². The lowest BCUT2D eigenvalue weighted by Crippen LogP contribution is -2.34. The Morgan fingerprint density at radius 1 is 1.32 bits per heavy atom. The number of hydrogen-bond donors (Lipinski definition) is 0. The number of aromatic nitrogens is 3. The maximum atomic E-state index is 5.06. The Morgan fingerprint density at radius 2 is 2.23 bits per heavy atom. The van der Waals surface area contributed by atoms with Crippen molar-refractivity contribution in [1.29, 1.82) is 0 Å². The lowest BCUT2D eigenvalue weighted by atomic mass is 9.99. The molecule has 0 radical (unpaired) electrons. The number of hydrogen-bond acceptors (Lipinski definition) is 6. The van der Waals surface area contributed by atoms with Crippen LogP contribution in [0.5, 0.6) is 0 Å². The SMILES string of the molecule is Cc1nc(CN2CCC[C@H](c3nc4ccccc4s3)C2)no1. The molecule has 1 aromatic carbocycles.